The van der Waals surface area contributed by atoms with Crippen molar-refractivity contribution in [2.45, 2.75) is 52.7 Å². The van der Waals surface area contributed by atoms with E-state index in [0.717, 1.165) is 17.4 Å². The van der Waals surface area contributed by atoms with Gasteiger partial charge in [-0.2, -0.15) is 0 Å². The average Bonchev–Trinajstić information content (AvgIpc) is 2.34. The molecule has 0 bridgehead atoms. The summed E-state index contributed by atoms with van der Waals surface area (Å²) in [5.74, 6) is 0. The maximum Gasteiger partial charge on any atom is 0.0412 e. The average molecular weight is 313 g/mol. The Bertz CT molecular complexity index is 377. The van der Waals surface area contributed by atoms with Gasteiger partial charge >= 0.3 is 0 Å². The molecular weight excluding hydrogens is 288 g/mol. The third kappa shape index (κ3) is 4.29. The minimum Gasteiger partial charge on any atom is -0.372 e. The van der Waals surface area contributed by atoms with Crippen LogP contribution < -0.4 is 10.2 Å². The summed E-state index contributed by atoms with van der Waals surface area (Å²) in [5.41, 5.74) is 2.67. The summed E-state index contributed by atoms with van der Waals surface area (Å²) in [6, 6.07) is 7.60. The van der Waals surface area contributed by atoms with Crippen LogP contribution in [-0.2, 0) is 6.54 Å². The predicted molar refractivity (Wildman–Crippen MR) is 84.3 cm³/mol. The highest BCUT2D eigenvalue weighted by molar-refractivity contribution is 9.10. The first kappa shape index (κ1) is 15.5. The van der Waals surface area contributed by atoms with Gasteiger partial charge < -0.3 is 10.2 Å². The Morgan fingerprint density at radius 3 is 2.50 bits per heavy atom. The number of nitrogens with zero attached hydrogens (tertiary/aromatic N) is 1. The number of hydrogen-bond donors (Lipinski definition) is 1. The fourth-order valence-electron chi connectivity index (χ4n) is 1.87. The largest absolute Gasteiger partial charge is 0.372 e. The van der Waals surface area contributed by atoms with Gasteiger partial charge in [-0.05, 0) is 37.1 Å². The molecular formula is C15H25BrN2. The van der Waals surface area contributed by atoms with Crippen LogP contribution in [0.5, 0.6) is 0 Å². The standard InChI is InChI=1S/C15H25BrN2/c1-6-12(4)18(5)15-8-7-14(16)9-13(15)10-17-11(2)3/h7-9,11-12,17H,6,10H2,1-5H3. The Kier molecular flexibility index (Phi) is 6.16. The van der Waals surface area contributed by atoms with Crippen LogP contribution in [-0.4, -0.2) is 19.1 Å². The molecule has 3 heteroatoms. The van der Waals surface area contributed by atoms with Gasteiger partial charge in [-0.25, -0.2) is 0 Å². The monoisotopic (exact) mass is 312 g/mol. The van der Waals surface area contributed by atoms with E-state index in [0.29, 0.717) is 12.1 Å². The van der Waals surface area contributed by atoms with Crippen molar-refractivity contribution in [3.05, 3.63) is 28.2 Å². The topological polar surface area (TPSA) is 15.3 Å². The Balaban J connectivity index is 2.95. The number of benzene rings is 1. The summed E-state index contributed by atoms with van der Waals surface area (Å²) in [6.45, 7) is 9.76. The lowest BCUT2D eigenvalue weighted by atomic mass is 10.1. The predicted octanol–water partition coefficient (Wildman–Crippen LogP) is 4.18. The molecule has 1 aromatic carbocycles. The second kappa shape index (κ2) is 7.15. The molecule has 0 heterocycles. The van der Waals surface area contributed by atoms with E-state index < -0.39 is 0 Å². The lowest BCUT2D eigenvalue weighted by Crippen LogP contribution is -2.30. The summed E-state index contributed by atoms with van der Waals surface area (Å²) < 4.78 is 1.14. The van der Waals surface area contributed by atoms with Gasteiger partial charge in [-0.1, -0.05) is 36.7 Å². The Morgan fingerprint density at radius 2 is 1.94 bits per heavy atom. The number of hydrogen-bond acceptors (Lipinski definition) is 2. The van der Waals surface area contributed by atoms with E-state index >= 15 is 0 Å². The number of anilines is 1. The van der Waals surface area contributed by atoms with E-state index in [9.17, 15) is 0 Å². The molecule has 0 aliphatic carbocycles. The molecule has 0 aliphatic rings. The smallest absolute Gasteiger partial charge is 0.0412 e. The lowest BCUT2D eigenvalue weighted by Gasteiger charge is -2.29. The van der Waals surface area contributed by atoms with E-state index in [1.807, 2.05) is 0 Å². The third-order valence-electron chi connectivity index (χ3n) is 3.37. The van der Waals surface area contributed by atoms with Crippen molar-refractivity contribution >= 4 is 21.6 Å². The van der Waals surface area contributed by atoms with Gasteiger partial charge in [0.05, 0.1) is 0 Å². The molecule has 1 unspecified atom stereocenters. The summed E-state index contributed by atoms with van der Waals surface area (Å²) in [6.07, 6.45) is 1.16. The van der Waals surface area contributed by atoms with Crippen LogP contribution in [0.2, 0.25) is 0 Å². The molecule has 0 aliphatic heterocycles. The van der Waals surface area contributed by atoms with Crippen LogP contribution >= 0.6 is 15.9 Å². The SMILES string of the molecule is CCC(C)N(C)c1ccc(Br)cc1CNC(C)C. The van der Waals surface area contributed by atoms with Gasteiger partial charge in [0, 0.05) is 35.8 Å². The van der Waals surface area contributed by atoms with Crippen molar-refractivity contribution in [2.24, 2.45) is 0 Å². The second-order valence-electron chi connectivity index (χ2n) is 5.18. The first-order valence-electron chi connectivity index (χ1n) is 6.70. The van der Waals surface area contributed by atoms with Crippen molar-refractivity contribution < 1.29 is 0 Å². The van der Waals surface area contributed by atoms with Gasteiger partial charge in [0.2, 0.25) is 0 Å². The third-order valence-corrected chi connectivity index (χ3v) is 3.87. The van der Waals surface area contributed by atoms with Gasteiger partial charge in [0.25, 0.3) is 0 Å². The van der Waals surface area contributed by atoms with E-state index in [-0.39, 0.29) is 0 Å². The van der Waals surface area contributed by atoms with Gasteiger partial charge in [0.1, 0.15) is 0 Å². The van der Waals surface area contributed by atoms with Crippen LogP contribution in [0.15, 0.2) is 22.7 Å². The van der Waals surface area contributed by atoms with Crippen molar-refractivity contribution in [3.8, 4) is 0 Å². The maximum absolute atomic E-state index is 3.56. The van der Waals surface area contributed by atoms with E-state index in [1.165, 1.54) is 11.3 Å². The van der Waals surface area contributed by atoms with Crippen LogP contribution in [0.3, 0.4) is 0 Å². The molecule has 1 rings (SSSR count). The first-order chi connectivity index (χ1) is 8.45. The van der Waals surface area contributed by atoms with Crippen molar-refractivity contribution in [1.82, 2.24) is 5.32 Å². The molecule has 2 nitrogen and oxygen atoms in total. The number of nitrogens with one attached hydrogen (secondary N) is 1. The molecule has 0 fully saturated rings. The molecule has 1 aromatic rings. The number of halogens is 1. The highest BCUT2D eigenvalue weighted by Crippen LogP contribution is 2.26. The molecule has 0 aromatic heterocycles. The van der Waals surface area contributed by atoms with E-state index in [4.69, 9.17) is 0 Å². The summed E-state index contributed by atoms with van der Waals surface area (Å²) in [7, 11) is 2.18. The zero-order chi connectivity index (χ0) is 13.7. The minimum atomic E-state index is 0.505. The van der Waals surface area contributed by atoms with Gasteiger partial charge in [-0.15, -0.1) is 0 Å². The molecule has 1 N–H and O–H groups in total. The fourth-order valence-corrected chi connectivity index (χ4v) is 2.27. The molecule has 18 heavy (non-hydrogen) atoms. The van der Waals surface area contributed by atoms with Gasteiger partial charge in [0.15, 0.2) is 0 Å². The lowest BCUT2D eigenvalue weighted by molar-refractivity contribution is 0.585. The number of rotatable bonds is 6. The molecule has 0 spiro atoms. The van der Waals surface area contributed by atoms with Gasteiger partial charge in [-0.3, -0.25) is 0 Å². The van der Waals surface area contributed by atoms with Crippen molar-refractivity contribution in [3.63, 3.8) is 0 Å². The molecule has 1 atom stereocenters. The zero-order valence-corrected chi connectivity index (χ0v) is 13.7. The van der Waals surface area contributed by atoms with Crippen LogP contribution in [0.4, 0.5) is 5.69 Å². The zero-order valence-electron chi connectivity index (χ0n) is 12.1. The summed E-state index contributed by atoms with van der Waals surface area (Å²) in [4.78, 5) is 2.36. The second-order valence-corrected chi connectivity index (χ2v) is 6.09. The van der Waals surface area contributed by atoms with Crippen LogP contribution in [0, 0.1) is 0 Å². The molecule has 0 radical (unpaired) electrons. The highest BCUT2D eigenvalue weighted by Gasteiger charge is 2.12. The minimum absolute atomic E-state index is 0.505. The van der Waals surface area contributed by atoms with E-state index in [2.05, 4.69) is 79.1 Å². The summed E-state index contributed by atoms with van der Waals surface area (Å²) in [5, 5.41) is 3.49. The van der Waals surface area contributed by atoms with Crippen molar-refractivity contribution in [1.29, 1.82) is 0 Å². The Morgan fingerprint density at radius 1 is 1.28 bits per heavy atom. The summed E-state index contributed by atoms with van der Waals surface area (Å²) >= 11 is 3.56. The fraction of sp³-hybridized carbons (Fsp3) is 0.600. The molecule has 0 saturated heterocycles. The molecule has 0 amide bonds. The van der Waals surface area contributed by atoms with Crippen LogP contribution in [0.1, 0.15) is 39.7 Å². The van der Waals surface area contributed by atoms with Crippen molar-refractivity contribution in [2.75, 3.05) is 11.9 Å². The Hall–Kier alpha value is -0.540. The van der Waals surface area contributed by atoms with Crippen LogP contribution in [0.25, 0.3) is 0 Å². The maximum atomic E-state index is 3.56. The molecule has 0 saturated carbocycles. The molecule has 102 valence electrons. The normalized spacial score (nSPS) is 12.8. The highest BCUT2D eigenvalue weighted by atomic mass is 79.9. The quantitative estimate of drug-likeness (QED) is 0.847. The van der Waals surface area contributed by atoms with E-state index in [1.54, 1.807) is 0 Å². The Labute approximate surface area is 120 Å². The first-order valence-corrected chi connectivity index (χ1v) is 7.49.